The van der Waals surface area contributed by atoms with Crippen molar-refractivity contribution in [2.24, 2.45) is 5.92 Å². The van der Waals surface area contributed by atoms with Crippen LogP contribution in [-0.4, -0.2) is 49.1 Å². The van der Waals surface area contributed by atoms with Gasteiger partial charge >= 0.3 is 0 Å². The van der Waals surface area contributed by atoms with Gasteiger partial charge in [-0.25, -0.2) is 4.68 Å². The minimum atomic E-state index is -0.0575. The van der Waals surface area contributed by atoms with Gasteiger partial charge in [0.15, 0.2) is 0 Å². The molecular formula is C21H33N7O. The number of anilines is 1. The first-order valence-electron chi connectivity index (χ1n) is 10.9. The van der Waals surface area contributed by atoms with Crippen molar-refractivity contribution in [2.75, 3.05) is 18.4 Å². The fraction of sp³-hybridized carbons (Fsp3) is 0.714. The van der Waals surface area contributed by atoms with Crippen molar-refractivity contribution in [3.05, 3.63) is 23.8 Å². The van der Waals surface area contributed by atoms with Crippen LogP contribution in [0.5, 0.6) is 0 Å². The van der Waals surface area contributed by atoms with Crippen LogP contribution < -0.4 is 5.32 Å². The Morgan fingerprint density at radius 1 is 1.24 bits per heavy atom. The summed E-state index contributed by atoms with van der Waals surface area (Å²) in [5.74, 6) is 0.644. The van der Waals surface area contributed by atoms with E-state index in [1.165, 1.54) is 0 Å². The second-order valence-corrected chi connectivity index (χ2v) is 9.57. The SMILES string of the molecule is CC(C)(C)n1cc(CN2CCCC(c3[nH]ncc3NC(=O)C3CCCC3)C2)nn1. The molecule has 2 aromatic heterocycles. The fourth-order valence-electron chi connectivity index (χ4n) is 4.49. The van der Waals surface area contributed by atoms with Gasteiger partial charge < -0.3 is 5.32 Å². The van der Waals surface area contributed by atoms with Gasteiger partial charge in [-0.3, -0.25) is 14.8 Å². The molecule has 2 aliphatic rings. The van der Waals surface area contributed by atoms with Crippen LogP contribution in [0.1, 0.15) is 76.6 Å². The van der Waals surface area contributed by atoms with E-state index in [0.29, 0.717) is 5.92 Å². The van der Waals surface area contributed by atoms with E-state index in [1.54, 1.807) is 6.20 Å². The highest BCUT2D eigenvalue weighted by Crippen LogP contribution is 2.32. The average molecular weight is 400 g/mol. The zero-order valence-electron chi connectivity index (χ0n) is 17.8. The summed E-state index contributed by atoms with van der Waals surface area (Å²) in [5.41, 5.74) is 2.85. The zero-order valence-corrected chi connectivity index (χ0v) is 17.8. The molecule has 3 heterocycles. The molecule has 1 saturated carbocycles. The molecule has 8 nitrogen and oxygen atoms in total. The maximum Gasteiger partial charge on any atom is 0.227 e. The molecule has 1 atom stereocenters. The predicted octanol–water partition coefficient (Wildman–Crippen LogP) is 3.26. The molecule has 1 saturated heterocycles. The van der Waals surface area contributed by atoms with Crippen molar-refractivity contribution >= 4 is 11.6 Å². The molecule has 8 heteroatoms. The number of nitrogens with zero attached hydrogens (tertiary/aromatic N) is 5. The highest BCUT2D eigenvalue weighted by Gasteiger charge is 2.28. The number of likely N-dealkylation sites (tertiary alicyclic amines) is 1. The van der Waals surface area contributed by atoms with Crippen LogP contribution in [0.4, 0.5) is 5.69 Å². The molecule has 1 aliphatic carbocycles. The lowest BCUT2D eigenvalue weighted by molar-refractivity contribution is -0.119. The smallest absolute Gasteiger partial charge is 0.227 e. The van der Waals surface area contributed by atoms with Crippen molar-refractivity contribution in [1.29, 1.82) is 0 Å². The van der Waals surface area contributed by atoms with Crippen molar-refractivity contribution in [2.45, 2.75) is 77.3 Å². The van der Waals surface area contributed by atoms with Gasteiger partial charge in [0.1, 0.15) is 0 Å². The number of aromatic amines is 1. The third-order valence-corrected chi connectivity index (χ3v) is 6.18. The third kappa shape index (κ3) is 4.69. The molecule has 1 amide bonds. The maximum atomic E-state index is 12.6. The van der Waals surface area contributed by atoms with E-state index in [4.69, 9.17) is 0 Å². The Morgan fingerprint density at radius 3 is 2.76 bits per heavy atom. The molecule has 0 radical (unpaired) electrons. The number of hydrogen-bond donors (Lipinski definition) is 2. The first-order valence-corrected chi connectivity index (χ1v) is 10.9. The maximum absolute atomic E-state index is 12.6. The monoisotopic (exact) mass is 399 g/mol. The normalized spacial score (nSPS) is 21.6. The summed E-state index contributed by atoms with van der Waals surface area (Å²) in [7, 11) is 0. The van der Waals surface area contributed by atoms with Crippen LogP contribution in [0.3, 0.4) is 0 Å². The topological polar surface area (TPSA) is 91.7 Å². The molecule has 29 heavy (non-hydrogen) atoms. The number of H-pyrrole nitrogens is 1. The number of hydrogen-bond acceptors (Lipinski definition) is 5. The molecule has 2 fully saturated rings. The highest BCUT2D eigenvalue weighted by molar-refractivity contribution is 5.93. The zero-order chi connectivity index (χ0) is 20.4. The van der Waals surface area contributed by atoms with Crippen molar-refractivity contribution in [3.8, 4) is 0 Å². The number of carbonyl (C=O) groups excluding carboxylic acids is 1. The molecule has 158 valence electrons. The summed E-state index contributed by atoms with van der Waals surface area (Å²) in [6.45, 7) is 9.16. The Balaban J connectivity index is 1.39. The van der Waals surface area contributed by atoms with E-state index in [9.17, 15) is 4.79 Å². The average Bonchev–Trinajstić information content (AvgIpc) is 3.43. The number of aromatic nitrogens is 5. The van der Waals surface area contributed by atoms with E-state index in [1.807, 2.05) is 10.9 Å². The minimum absolute atomic E-state index is 0.0575. The minimum Gasteiger partial charge on any atom is -0.323 e. The summed E-state index contributed by atoms with van der Waals surface area (Å²) in [6.07, 6.45) is 10.4. The van der Waals surface area contributed by atoms with Crippen molar-refractivity contribution in [3.63, 3.8) is 0 Å². The Morgan fingerprint density at radius 2 is 2.03 bits per heavy atom. The van der Waals surface area contributed by atoms with Gasteiger partial charge in [0.25, 0.3) is 0 Å². The number of amides is 1. The summed E-state index contributed by atoms with van der Waals surface area (Å²) < 4.78 is 1.93. The molecule has 0 aromatic carbocycles. The summed E-state index contributed by atoms with van der Waals surface area (Å²) in [5, 5.41) is 19.2. The molecule has 2 N–H and O–H groups in total. The number of rotatable bonds is 5. The summed E-state index contributed by atoms with van der Waals surface area (Å²) in [6, 6.07) is 0. The highest BCUT2D eigenvalue weighted by atomic mass is 16.1. The number of piperidine rings is 1. The molecule has 0 spiro atoms. The number of carbonyl (C=O) groups is 1. The second kappa shape index (κ2) is 8.26. The van der Waals surface area contributed by atoms with Gasteiger partial charge in [-0.1, -0.05) is 18.1 Å². The van der Waals surface area contributed by atoms with E-state index in [0.717, 1.165) is 75.2 Å². The fourth-order valence-corrected chi connectivity index (χ4v) is 4.49. The Bertz CT molecular complexity index is 828. The van der Waals surface area contributed by atoms with E-state index >= 15 is 0 Å². The Labute approximate surface area is 172 Å². The van der Waals surface area contributed by atoms with E-state index in [-0.39, 0.29) is 17.4 Å². The van der Waals surface area contributed by atoms with Gasteiger partial charge in [-0.2, -0.15) is 5.10 Å². The summed E-state index contributed by atoms with van der Waals surface area (Å²) in [4.78, 5) is 15.0. The van der Waals surface area contributed by atoms with Crippen LogP contribution in [0.2, 0.25) is 0 Å². The first-order chi connectivity index (χ1) is 13.9. The van der Waals surface area contributed by atoms with Crippen molar-refractivity contribution in [1.82, 2.24) is 30.1 Å². The van der Waals surface area contributed by atoms with Gasteiger partial charge in [-0.15, -0.1) is 5.10 Å². The van der Waals surface area contributed by atoms with Crippen LogP contribution in [-0.2, 0) is 16.9 Å². The van der Waals surface area contributed by atoms with E-state index < -0.39 is 0 Å². The van der Waals surface area contributed by atoms with E-state index in [2.05, 4.69) is 51.5 Å². The van der Waals surface area contributed by atoms with Crippen LogP contribution in [0, 0.1) is 5.92 Å². The molecule has 2 aromatic rings. The lowest BCUT2D eigenvalue weighted by Crippen LogP contribution is -2.34. The summed E-state index contributed by atoms with van der Waals surface area (Å²) >= 11 is 0. The molecule has 4 rings (SSSR count). The van der Waals surface area contributed by atoms with Crippen molar-refractivity contribution < 1.29 is 4.79 Å². The third-order valence-electron chi connectivity index (χ3n) is 6.18. The molecule has 1 aliphatic heterocycles. The Hall–Kier alpha value is -2.22. The largest absolute Gasteiger partial charge is 0.323 e. The van der Waals surface area contributed by atoms with Gasteiger partial charge in [0, 0.05) is 24.9 Å². The predicted molar refractivity (Wildman–Crippen MR) is 111 cm³/mol. The second-order valence-electron chi connectivity index (χ2n) is 9.57. The van der Waals surface area contributed by atoms with Gasteiger partial charge in [0.2, 0.25) is 5.91 Å². The quantitative estimate of drug-likeness (QED) is 0.805. The van der Waals surface area contributed by atoms with Crippen LogP contribution in [0.15, 0.2) is 12.4 Å². The van der Waals surface area contributed by atoms with Crippen LogP contribution >= 0.6 is 0 Å². The first kappa shape index (κ1) is 20.1. The molecular weight excluding hydrogens is 366 g/mol. The van der Waals surface area contributed by atoms with Gasteiger partial charge in [-0.05, 0) is 53.0 Å². The Kier molecular flexibility index (Phi) is 5.72. The van der Waals surface area contributed by atoms with Gasteiger partial charge in [0.05, 0.1) is 35.0 Å². The van der Waals surface area contributed by atoms with Crippen LogP contribution in [0.25, 0.3) is 0 Å². The lowest BCUT2D eigenvalue weighted by Gasteiger charge is -2.32. The lowest BCUT2D eigenvalue weighted by atomic mass is 9.93. The standard InChI is InChI=1S/C21H33N7O/c1-21(2,3)28-14-17(24-26-28)13-27-10-6-9-16(12-27)19-18(11-22-25-19)23-20(29)15-7-4-5-8-15/h11,14-16H,4-10,12-13H2,1-3H3,(H,22,25)(H,23,29). The number of nitrogens with one attached hydrogen (secondary N) is 2. The molecule has 1 unspecified atom stereocenters. The molecule has 0 bridgehead atoms.